The van der Waals surface area contributed by atoms with Crippen molar-refractivity contribution >= 4 is 28.2 Å². The zero-order chi connectivity index (χ0) is 19.2. The van der Waals surface area contributed by atoms with Gasteiger partial charge in [-0.25, -0.2) is 0 Å². The van der Waals surface area contributed by atoms with E-state index in [0.717, 1.165) is 10.4 Å². The number of carbonyl (C=O) groups excluding carboxylic acids is 2. The lowest BCUT2D eigenvalue weighted by Crippen LogP contribution is -2.44. The van der Waals surface area contributed by atoms with Crippen molar-refractivity contribution in [2.24, 2.45) is 5.73 Å². The Balaban J connectivity index is 2.50. The van der Waals surface area contributed by atoms with Crippen LogP contribution in [0.2, 0.25) is 0 Å². The molecule has 2 rings (SSSR count). The van der Waals surface area contributed by atoms with E-state index in [1.165, 1.54) is 25.4 Å². The summed E-state index contributed by atoms with van der Waals surface area (Å²) in [7, 11) is 1.39. The maximum absolute atomic E-state index is 12.4. The number of fused-ring (bicyclic) bond motifs is 1. The highest BCUT2D eigenvalue weighted by atomic mass is 32.1. The second kappa shape index (κ2) is 6.35. The van der Waals surface area contributed by atoms with Crippen LogP contribution in [0.25, 0.3) is 0 Å². The summed E-state index contributed by atoms with van der Waals surface area (Å²) in [5.41, 5.74) is 3.86. The summed E-state index contributed by atoms with van der Waals surface area (Å²) in [6.07, 6.45) is 0.505. The number of anilines is 1. The summed E-state index contributed by atoms with van der Waals surface area (Å²) in [6.45, 7) is 8.90. The van der Waals surface area contributed by atoms with Gasteiger partial charge in [-0.05, 0) is 40.2 Å². The minimum atomic E-state index is -1.72. The quantitative estimate of drug-likeness (QED) is 0.731. The maximum atomic E-state index is 12.4. The molecule has 0 fully saturated rings. The van der Waals surface area contributed by atoms with E-state index in [-0.39, 0.29) is 12.2 Å². The van der Waals surface area contributed by atoms with Gasteiger partial charge in [0.25, 0.3) is 11.8 Å². The lowest BCUT2D eigenvalue weighted by Gasteiger charge is -2.41. The number of ether oxygens (including phenoxy) is 2. The van der Waals surface area contributed by atoms with E-state index >= 15 is 0 Å². The fraction of sp³-hybridized carbons (Fsp3) is 0.647. The Kier molecular flexibility index (Phi) is 5.04. The van der Waals surface area contributed by atoms with Crippen molar-refractivity contribution in [3.63, 3.8) is 0 Å². The number of nitrogens with two attached hydrogens (primary N) is 1. The predicted octanol–water partition coefficient (Wildman–Crippen LogP) is 1.77. The van der Waals surface area contributed by atoms with Crippen LogP contribution in [0.3, 0.4) is 0 Å². The Hall–Kier alpha value is -1.48. The first-order valence-corrected chi connectivity index (χ1v) is 8.81. The highest BCUT2D eigenvalue weighted by molar-refractivity contribution is 7.17. The number of thiophene rings is 1. The fourth-order valence-electron chi connectivity index (χ4n) is 3.25. The molecule has 1 aliphatic rings. The third kappa shape index (κ3) is 3.87. The third-order valence-corrected chi connectivity index (χ3v) is 5.53. The normalized spacial score (nSPS) is 20.4. The summed E-state index contributed by atoms with van der Waals surface area (Å²) in [6, 6.07) is 0. The molecule has 0 bridgehead atoms. The van der Waals surface area contributed by atoms with Crippen LogP contribution >= 0.6 is 11.3 Å². The Bertz CT molecular complexity index is 706. The Morgan fingerprint density at radius 2 is 2.00 bits per heavy atom. The Labute approximate surface area is 151 Å². The number of nitrogens with one attached hydrogen (secondary N) is 1. The van der Waals surface area contributed by atoms with E-state index in [2.05, 4.69) is 5.32 Å². The number of primary amides is 1. The van der Waals surface area contributed by atoms with E-state index in [4.69, 9.17) is 15.2 Å². The van der Waals surface area contributed by atoms with Gasteiger partial charge in [-0.3, -0.25) is 9.59 Å². The van der Waals surface area contributed by atoms with Gasteiger partial charge in [0.2, 0.25) is 0 Å². The van der Waals surface area contributed by atoms with Crippen molar-refractivity contribution < 1.29 is 24.2 Å². The smallest absolute Gasteiger partial charge is 0.259 e. The molecule has 1 aromatic heterocycles. The molecule has 1 atom stereocenters. The number of aliphatic hydroxyl groups is 1. The lowest BCUT2D eigenvalue weighted by atomic mass is 9.86. The Morgan fingerprint density at radius 3 is 2.52 bits per heavy atom. The summed E-state index contributed by atoms with van der Waals surface area (Å²) in [5, 5.41) is 13.1. The van der Waals surface area contributed by atoms with Crippen LogP contribution in [0.5, 0.6) is 0 Å². The van der Waals surface area contributed by atoms with Crippen molar-refractivity contribution in [2.45, 2.75) is 57.8 Å². The predicted molar refractivity (Wildman–Crippen MR) is 95.9 cm³/mol. The van der Waals surface area contributed by atoms with Gasteiger partial charge in [0.05, 0.1) is 23.4 Å². The molecule has 1 aliphatic heterocycles. The first kappa shape index (κ1) is 19.8. The second-order valence-corrected chi connectivity index (χ2v) is 8.71. The molecule has 4 N–H and O–H groups in total. The van der Waals surface area contributed by atoms with Crippen LogP contribution in [0.4, 0.5) is 5.00 Å². The van der Waals surface area contributed by atoms with Crippen LogP contribution < -0.4 is 11.1 Å². The highest BCUT2D eigenvalue weighted by Gasteiger charge is 2.43. The van der Waals surface area contributed by atoms with Gasteiger partial charge in [-0.15, -0.1) is 11.3 Å². The van der Waals surface area contributed by atoms with Crippen LogP contribution in [0.1, 0.15) is 55.4 Å². The van der Waals surface area contributed by atoms with Crippen molar-refractivity contribution in [3.05, 3.63) is 16.0 Å². The van der Waals surface area contributed by atoms with Gasteiger partial charge >= 0.3 is 0 Å². The van der Waals surface area contributed by atoms with Crippen LogP contribution in [0.15, 0.2) is 0 Å². The number of rotatable bonds is 5. The van der Waals surface area contributed by atoms with E-state index in [1.807, 2.05) is 27.7 Å². The van der Waals surface area contributed by atoms with E-state index in [0.29, 0.717) is 11.4 Å². The SMILES string of the molecule is COCC(C)(O)C(=O)Nc1sc2c(c1C(N)=O)CC(C)(C)OC2(C)C. The monoisotopic (exact) mass is 370 g/mol. The molecule has 25 heavy (non-hydrogen) atoms. The molecule has 1 aromatic rings. The summed E-state index contributed by atoms with van der Waals surface area (Å²) >= 11 is 1.25. The Morgan fingerprint density at radius 1 is 1.40 bits per heavy atom. The van der Waals surface area contributed by atoms with E-state index in [9.17, 15) is 14.7 Å². The molecule has 1 unspecified atom stereocenters. The van der Waals surface area contributed by atoms with Gasteiger partial charge < -0.3 is 25.6 Å². The molecule has 7 nitrogen and oxygen atoms in total. The zero-order valence-electron chi connectivity index (χ0n) is 15.5. The summed E-state index contributed by atoms with van der Waals surface area (Å²) in [4.78, 5) is 25.3. The first-order chi connectivity index (χ1) is 11.3. The van der Waals surface area contributed by atoms with Crippen molar-refractivity contribution in [2.75, 3.05) is 19.0 Å². The average Bonchev–Trinajstić information content (AvgIpc) is 2.75. The van der Waals surface area contributed by atoms with Crippen LogP contribution in [-0.4, -0.2) is 41.8 Å². The molecule has 140 valence electrons. The minimum Gasteiger partial charge on any atom is -0.381 e. The molecule has 0 radical (unpaired) electrons. The molecule has 8 heteroatoms. The standard InChI is InChI=1S/C17H26N2O5S/c1-15(2)7-9-10(12(18)20)13(25-11(9)16(3,4)24-15)19-14(21)17(5,22)8-23-6/h22H,7-8H2,1-6H3,(H2,18,20)(H,19,21). The fourth-order valence-corrected chi connectivity index (χ4v) is 4.51. The number of amides is 2. The van der Waals surface area contributed by atoms with Gasteiger partial charge in [-0.1, -0.05) is 0 Å². The zero-order valence-corrected chi connectivity index (χ0v) is 16.3. The largest absolute Gasteiger partial charge is 0.381 e. The summed E-state index contributed by atoms with van der Waals surface area (Å²) < 4.78 is 11.0. The highest BCUT2D eigenvalue weighted by Crippen LogP contribution is 2.48. The number of methoxy groups -OCH3 is 1. The van der Waals surface area contributed by atoms with Crippen molar-refractivity contribution in [3.8, 4) is 0 Å². The van der Waals surface area contributed by atoms with E-state index in [1.54, 1.807) is 0 Å². The second-order valence-electron chi connectivity index (χ2n) is 7.69. The van der Waals surface area contributed by atoms with Gasteiger partial charge in [0.1, 0.15) is 5.00 Å². The molecule has 0 saturated carbocycles. The maximum Gasteiger partial charge on any atom is 0.259 e. The molecule has 2 amide bonds. The molecule has 2 heterocycles. The number of carbonyl (C=O) groups is 2. The topological polar surface area (TPSA) is 111 Å². The lowest BCUT2D eigenvalue weighted by molar-refractivity contribution is -0.137. The summed E-state index contributed by atoms with van der Waals surface area (Å²) in [5.74, 6) is -1.28. The molecule has 0 saturated heterocycles. The van der Waals surface area contributed by atoms with Crippen molar-refractivity contribution in [1.29, 1.82) is 0 Å². The molecular formula is C17H26N2O5S. The number of hydrogen-bond donors (Lipinski definition) is 3. The molecule has 0 spiro atoms. The molecular weight excluding hydrogens is 344 g/mol. The van der Waals surface area contributed by atoms with Gasteiger partial charge in [-0.2, -0.15) is 0 Å². The van der Waals surface area contributed by atoms with Crippen LogP contribution in [-0.2, 0) is 26.3 Å². The molecule has 0 aromatic carbocycles. The third-order valence-electron chi connectivity index (χ3n) is 4.08. The first-order valence-electron chi connectivity index (χ1n) is 7.99. The minimum absolute atomic E-state index is 0.169. The van der Waals surface area contributed by atoms with Gasteiger partial charge in [0, 0.05) is 18.4 Å². The van der Waals surface area contributed by atoms with Crippen molar-refractivity contribution in [1.82, 2.24) is 0 Å². The molecule has 0 aliphatic carbocycles. The number of hydrogen-bond acceptors (Lipinski definition) is 6. The van der Waals surface area contributed by atoms with E-state index < -0.39 is 28.6 Å². The van der Waals surface area contributed by atoms with Crippen LogP contribution in [0, 0.1) is 0 Å². The van der Waals surface area contributed by atoms with Gasteiger partial charge in [0.15, 0.2) is 5.60 Å². The average molecular weight is 370 g/mol.